The molecule has 0 unspecified atom stereocenters. The molecule has 0 N–H and O–H groups in total. The van der Waals surface area contributed by atoms with Gasteiger partial charge in [0.2, 0.25) is 0 Å². The molecule has 0 spiro atoms. The normalized spacial score (nSPS) is 9.55. The second-order valence-electron chi connectivity index (χ2n) is 2.06. The van der Waals surface area contributed by atoms with Crippen LogP contribution >= 0.6 is 11.6 Å². The third-order valence-corrected chi connectivity index (χ3v) is 1.25. The number of rotatable bonds is 2. The van der Waals surface area contributed by atoms with Gasteiger partial charge in [-0.2, -0.15) is 0 Å². The van der Waals surface area contributed by atoms with E-state index in [0.717, 1.165) is 0 Å². The molecule has 1 rings (SSSR count). The number of halogens is 1. The van der Waals surface area contributed by atoms with Crippen LogP contribution in [-0.2, 0) is 6.54 Å². The average molecular weight is 171 g/mol. The van der Waals surface area contributed by atoms with Gasteiger partial charge >= 0.3 is 0 Å². The second-order valence-corrected chi connectivity index (χ2v) is 2.60. The number of hydrogen-bond donors (Lipinski definition) is 0. The molecule has 0 amide bonds. The van der Waals surface area contributed by atoms with E-state index in [2.05, 4.69) is 11.6 Å². The van der Waals surface area contributed by atoms with E-state index < -0.39 is 0 Å². The molecule has 0 saturated heterocycles. The summed E-state index contributed by atoms with van der Waals surface area (Å²) in [4.78, 5) is 14.7. The van der Waals surface area contributed by atoms with Gasteiger partial charge in [-0.25, -0.2) is 4.98 Å². The number of nitrogens with zero attached hydrogens (tertiary/aromatic N) is 2. The zero-order chi connectivity index (χ0) is 8.27. The minimum atomic E-state index is -0.123. The van der Waals surface area contributed by atoms with Crippen LogP contribution in [0, 0.1) is 0 Å². The lowest BCUT2D eigenvalue weighted by atomic mass is 10.5. The van der Waals surface area contributed by atoms with E-state index in [-0.39, 0.29) is 5.56 Å². The molecule has 0 bridgehead atoms. The minimum absolute atomic E-state index is 0.123. The summed E-state index contributed by atoms with van der Waals surface area (Å²) in [6.07, 6.45) is 2.87. The molecular formula is C7H7ClN2O. The molecular weight excluding hydrogens is 164 g/mol. The van der Waals surface area contributed by atoms with Crippen LogP contribution < -0.4 is 5.56 Å². The fraction of sp³-hybridized carbons (Fsp3) is 0.143. The van der Waals surface area contributed by atoms with Crippen molar-refractivity contribution < 1.29 is 0 Å². The Morgan fingerprint density at radius 2 is 2.55 bits per heavy atom. The molecule has 1 aromatic rings. The third kappa shape index (κ3) is 2.20. The van der Waals surface area contributed by atoms with Gasteiger partial charge in [0.05, 0.1) is 12.9 Å². The molecule has 0 radical (unpaired) electrons. The van der Waals surface area contributed by atoms with Crippen LogP contribution in [0.5, 0.6) is 0 Å². The summed E-state index contributed by atoms with van der Waals surface area (Å²) < 4.78 is 1.38. The predicted octanol–water partition coefficient (Wildman–Crippen LogP) is 0.996. The highest BCUT2D eigenvalue weighted by Crippen LogP contribution is 1.97. The first-order valence-electron chi connectivity index (χ1n) is 3.04. The fourth-order valence-corrected chi connectivity index (χ4v) is 0.811. The zero-order valence-electron chi connectivity index (χ0n) is 5.83. The topological polar surface area (TPSA) is 34.9 Å². The van der Waals surface area contributed by atoms with Crippen molar-refractivity contribution in [2.45, 2.75) is 6.54 Å². The van der Waals surface area contributed by atoms with Crippen molar-refractivity contribution in [3.63, 3.8) is 0 Å². The van der Waals surface area contributed by atoms with Crippen molar-refractivity contribution in [1.82, 2.24) is 9.55 Å². The van der Waals surface area contributed by atoms with Crippen molar-refractivity contribution >= 4 is 11.6 Å². The van der Waals surface area contributed by atoms with Crippen molar-refractivity contribution in [1.29, 1.82) is 0 Å². The molecule has 0 aliphatic heterocycles. The molecule has 1 aromatic heterocycles. The summed E-state index contributed by atoms with van der Waals surface area (Å²) >= 11 is 5.50. The van der Waals surface area contributed by atoms with Crippen LogP contribution in [0.2, 0.25) is 0 Å². The molecule has 1 heterocycles. The quantitative estimate of drug-likeness (QED) is 0.664. The van der Waals surface area contributed by atoms with Gasteiger partial charge in [0.15, 0.2) is 0 Å². The number of hydrogen-bond acceptors (Lipinski definition) is 2. The predicted molar refractivity (Wildman–Crippen MR) is 43.5 cm³/mol. The second kappa shape index (κ2) is 3.34. The van der Waals surface area contributed by atoms with Crippen LogP contribution in [0.1, 0.15) is 0 Å². The zero-order valence-corrected chi connectivity index (χ0v) is 6.58. The van der Waals surface area contributed by atoms with E-state index in [1.807, 2.05) is 0 Å². The van der Waals surface area contributed by atoms with Gasteiger partial charge in [0.1, 0.15) is 0 Å². The van der Waals surface area contributed by atoms with Gasteiger partial charge in [-0.3, -0.25) is 9.36 Å². The largest absolute Gasteiger partial charge is 0.294 e. The Bertz CT molecular complexity index is 318. The Morgan fingerprint density at radius 3 is 3.09 bits per heavy atom. The van der Waals surface area contributed by atoms with E-state index in [9.17, 15) is 4.79 Å². The molecule has 11 heavy (non-hydrogen) atoms. The third-order valence-electron chi connectivity index (χ3n) is 1.13. The highest BCUT2D eigenvalue weighted by atomic mass is 35.5. The molecule has 0 aliphatic carbocycles. The standard InChI is InChI=1S/C7H7ClN2O/c1-6(8)4-10-5-9-3-2-7(10)11/h2-3,5H,1,4H2. The Labute approximate surface area is 69.0 Å². The van der Waals surface area contributed by atoms with Crippen molar-refractivity contribution in [3.8, 4) is 0 Å². The summed E-state index contributed by atoms with van der Waals surface area (Å²) in [5.41, 5.74) is -0.123. The summed E-state index contributed by atoms with van der Waals surface area (Å²) in [6.45, 7) is 3.78. The monoisotopic (exact) mass is 170 g/mol. The molecule has 0 saturated carbocycles. The smallest absolute Gasteiger partial charge is 0.253 e. The van der Waals surface area contributed by atoms with Crippen LogP contribution in [0.15, 0.2) is 35.0 Å². The van der Waals surface area contributed by atoms with Crippen LogP contribution in [0.3, 0.4) is 0 Å². The summed E-state index contributed by atoms with van der Waals surface area (Å²) in [5.74, 6) is 0. The maximum atomic E-state index is 11.0. The summed E-state index contributed by atoms with van der Waals surface area (Å²) in [7, 11) is 0. The highest BCUT2D eigenvalue weighted by Gasteiger charge is 1.93. The maximum absolute atomic E-state index is 11.0. The van der Waals surface area contributed by atoms with Crippen LogP contribution in [0.25, 0.3) is 0 Å². The van der Waals surface area contributed by atoms with Crippen LogP contribution in [-0.4, -0.2) is 9.55 Å². The van der Waals surface area contributed by atoms with Gasteiger partial charge in [0.25, 0.3) is 5.56 Å². The minimum Gasteiger partial charge on any atom is -0.294 e. The van der Waals surface area contributed by atoms with Gasteiger partial charge in [-0.15, -0.1) is 0 Å². The number of allylic oxidation sites excluding steroid dienone is 1. The molecule has 0 atom stereocenters. The lowest BCUT2D eigenvalue weighted by Gasteiger charge is -1.99. The van der Waals surface area contributed by atoms with Crippen molar-refractivity contribution in [2.75, 3.05) is 0 Å². The average Bonchev–Trinajstić information content (AvgIpc) is 1.93. The Kier molecular flexibility index (Phi) is 2.44. The molecule has 58 valence electrons. The maximum Gasteiger partial charge on any atom is 0.253 e. The van der Waals surface area contributed by atoms with E-state index in [4.69, 9.17) is 11.6 Å². The first-order chi connectivity index (χ1) is 5.20. The van der Waals surface area contributed by atoms with E-state index in [1.54, 1.807) is 0 Å². The Hall–Kier alpha value is -1.09. The lowest BCUT2D eigenvalue weighted by Crippen LogP contribution is -2.18. The van der Waals surface area contributed by atoms with E-state index >= 15 is 0 Å². The molecule has 0 fully saturated rings. The van der Waals surface area contributed by atoms with Crippen molar-refractivity contribution in [3.05, 3.63) is 40.6 Å². The van der Waals surface area contributed by atoms with Gasteiger partial charge in [0, 0.05) is 17.3 Å². The molecule has 0 aliphatic rings. The molecule has 0 aromatic carbocycles. The Balaban J connectivity index is 2.95. The first-order valence-corrected chi connectivity index (χ1v) is 3.41. The molecule has 3 nitrogen and oxygen atoms in total. The Morgan fingerprint density at radius 1 is 1.82 bits per heavy atom. The highest BCUT2D eigenvalue weighted by molar-refractivity contribution is 6.29. The van der Waals surface area contributed by atoms with Gasteiger partial charge in [-0.1, -0.05) is 18.2 Å². The van der Waals surface area contributed by atoms with Gasteiger partial charge in [-0.05, 0) is 0 Å². The summed E-state index contributed by atoms with van der Waals surface area (Å²) in [6, 6.07) is 1.37. The SMILES string of the molecule is C=C(Cl)Cn1cnccc1=O. The molecule has 4 heteroatoms. The van der Waals surface area contributed by atoms with E-state index in [0.29, 0.717) is 11.6 Å². The summed E-state index contributed by atoms with van der Waals surface area (Å²) in [5, 5.41) is 0.417. The van der Waals surface area contributed by atoms with Gasteiger partial charge < -0.3 is 0 Å². The lowest BCUT2D eigenvalue weighted by molar-refractivity contribution is 0.746. The van der Waals surface area contributed by atoms with Crippen LogP contribution in [0.4, 0.5) is 0 Å². The first kappa shape index (κ1) is 8.01. The number of aromatic nitrogens is 2. The van der Waals surface area contributed by atoms with E-state index in [1.165, 1.54) is 23.2 Å². The fourth-order valence-electron chi connectivity index (χ4n) is 0.682. The van der Waals surface area contributed by atoms with Crippen molar-refractivity contribution in [2.24, 2.45) is 0 Å².